The molecule has 0 amide bonds. The van der Waals surface area contributed by atoms with Crippen molar-refractivity contribution in [2.24, 2.45) is 11.8 Å². The first kappa shape index (κ1) is 10.1. The van der Waals surface area contributed by atoms with Crippen LogP contribution in [0.4, 0.5) is 0 Å². The molecule has 2 unspecified atom stereocenters. The Labute approximate surface area is 104 Å². The summed E-state index contributed by atoms with van der Waals surface area (Å²) in [5.74, 6) is 1.91. The molecule has 2 bridgehead atoms. The van der Waals surface area contributed by atoms with Gasteiger partial charge in [0.25, 0.3) is 0 Å². The first-order chi connectivity index (χ1) is 8.33. The quantitative estimate of drug-likeness (QED) is 0.659. The molecule has 17 heavy (non-hydrogen) atoms. The molecular weight excluding hydrogens is 206 g/mol. The van der Waals surface area contributed by atoms with Crippen LogP contribution in [-0.2, 0) is 12.8 Å². The fourth-order valence-electron chi connectivity index (χ4n) is 4.71. The lowest BCUT2D eigenvalue weighted by atomic mass is 9.69. The van der Waals surface area contributed by atoms with Gasteiger partial charge < -0.3 is 4.90 Å². The van der Waals surface area contributed by atoms with Crippen LogP contribution in [0.2, 0.25) is 0 Å². The zero-order valence-electron chi connectivity index (χ0n) is 10.6. The minimum Gasteiger partial charge on any atom is -0.300 e. The molecule has 2 saturated heterocycles. The van der Waals surface area contributed by atoms with E-state index in [2.05, 4.69) is 36.2 Å². The highest BCUT2D eigenvalue weighted by Crippen LogP contribution is 2.46. The molecule has 4 rings (SSSR count). The molecule has 0 aromatic heterocycles. The van der Waals surface area contributed by atoms with Gasteiger partial charge in [0.05, 0.1) is 0 Å². The van der Waals surface area contributed by atoms with Crippen molar-refractivity contribution in [1.29, 1.82) is 0 Å². The van der Waals surface area contributed by atoms with E-state index in [9.17, 15) is 0 Å². The first-order valence-electron chi connectivity index (χ1n) is 7.11. The standard InChI is InChI=1S/C16H21N/c1-17-14-6-7-16(17)15-10-12-5-3-2-4-11(12)8-13(15)9-14/h2-5,13-16H,6-10H2,1H3/t13-,14?,15-,16?/m1/s1. The summed E-state index contributed by atoms with van der Waals surface area (Å²) < 4.78 is 0. The van der Waals surface area contributed by atoms with Gasteiger partial charge in [0.15, 0.2) is 0 Å². The smallest absolute Gasteiger partial charge is 0.0130 e. The Bertz CT molecular complexity index is 439. The first-order valence-corrected chi connectivity index (χ1v) is 7.11. The molecule has 2 heterocycles. The van der Waals surface area contributed by atoms with Gasteiger partial charge in [-0.2, -0.15) is 0 Å². The Balaban J connectivity index is 1.70. The van der Waals surface area contributed by atoms with Crippen LogP contribution < -0.4 is 0 Å². The summed E-state index contributed by atoms with van der Waals surface area (Å²) in [6.07, 6.45) is 7.03. The topological polar surface area (TPSA) is 3.24 Å². The highest BCUT2D eigenvalue weighted by atomic mass is 15.2. The van der Waals surface area contributed by atoms with Gasteiger partial charge in [0, 0.05) is 12.1 Å². The number of piperidine rings is 1. The van der Waals surface area contributed by atoms with E-state index in [0.29, 0.717) is 0 Å². The minimum atomic E-state index is 0.882. The predicted molar refractivity (Wildman–Crippen MR) is 70.0 cm³/mol. The van der Waals surface area contributed by atoms with Crippen molar-refractivity contribution in [3.63, 3.8) is 0 Å². The number of nitrogens with zero attached hydrogens (tertiary/aromatic N) is 1. The fraction of sp³-hybridized carbons (Fsp3) is 0.625. The maximum Gasteiger partial charge on any atom is 0.0130 e. The van der Waals surface area contributed by atoms with Crippen molar-refractivity contribution < 1.29 is 0 Å². The van der Waals surface area contributed by atoms with E-state index in [1.807, 2.05) is 0 Å². The third-order valence-corrected chi connectivity index (χ3v) is 5.63. The second kappa shape index (κ2) is 3.58. The molecular formula is C16H21N. The number of fused-ring (bicyclic) bond motifs is 5. The maximum absolute atomic E-state index is 2.69. The van der Waals surface area contributed by atoms with E-state index < -0.39 is 0 Å². The monoisotopic (exact) mass is 227 g/mol. The molecule has 0 saturated carbocycles. The molecule has 1 aromatic rings. The second-order valence-corrected chi connectivity index (χ2v) is 6.30. The van der Waals surface area contributed by atoms with Crippen LogP contribution in [0.15, 0.2) is 24.3 Å². The van der Waals surface area contributed by atoms with Gasteiger partial charge >= 0.3 is 0 Å². The van der Waals surface area contributed by atoms with Gasteiger partial charge in [-0.25, -0.2) is 0 Å². The summed E-state index contributed by atoms with van der Waals surface area (Å²) in [5.41, 5.74) is 3.27. The average molecular weight is 227 g/mol. The molecule has 0 radical (unpaired) electrons. The van der Waals surface area contributed by atoms with Crippen molar-refractivity contribution in [3.8, 4) is 0 Å². The van der Waals surface area contributed by atoms with Gasteiger partial charge in [-0.05, 0) is 62.1 Å². The number of benzene rings is 1. The van der Waals surface area contributed by atoms with E-state index in [-0.39, 0.29) is 0 Å². The van der Waals surface area contributed by atoms with Crippen LogP contribution in [-0.4, -0.2) is 24.0 Å². The van der Waals surface area contributed by atoms with Gasteiger partial charge in [0.1, 0.15) is 0 Å². The summed E-state index contributed by atoms with van der Waals surface area (Å²) in [6, 6.07) is 10.9. The van der Waals surface area contributed by atoms with E-state index in [1.54, 1.807) is 11.1 Å². The van der Waals surface area contributed by atoms with Gasteiger partial charge in [-0.3, -0.25) is 0 Å². The van der Waals surface area contributed by atoms with E-state index in [1.165, 1.54) is 32.1 Å². The SMILES string of the molecule is CN1C2CCC1[C@@H]1Cc3ccccc3C[C@@H]1C2. The summed E-state index contributed by atoms with van der Waals surface area (Å²) >= 11 is 0. The zero-order chi connectivity index (χ0) is 11.4. The third kappa shape index (κ3) is 1.41. The van der Waals surface area contributed by atoms with Gasteiger partial charge in [-0.15, -0.1) is 0 Å². The number of hydrogen-bond acceptors (Lipinski definition) is 1. The van der Waals surface area contributed by atoms with Crippen LogP contribution in [0, 0.1) is 11.8 Å². The highest BCUT2D eigenvalue weighted by molar-refractivity contribution is 5.31. The van der Waals surface area contributed by atoms with Crippen molar-refractivity contribution in [2.45, 2.75) is 44.2 Å². The Morgan fingerprint density at radius 3 is 2.65 bits per heavy atom. The van der Waals surface area contributed by atoms with Crippen molar-refractivity contribution in [3.05, 3.63) is 35.4 Å². The molecule has 0 spiro atoms. The maximum atomic E-state index is 2.69. The van der Waals surface area contributed by atoms with E-state index >= 15 is 0 Å². The van der Waals surface area contributed by atoms with Gasteiger partial charge in [0.2, 0.25) is 0 Å². The molecule has 1 heteroatoms. The van der Waals surface area contributed by atoms with E-state index in [0.717, 1.165) is 23.9 Å². The molecule has 1 nitrogen and oxygen atoms in total. The lowest BCUT2D eigenvalue weighted by molar-refractivity contribution is 0.0621. The molecule has 2 fully saturated rings. The van der Waals surface area contributed by atoms with Crippen LogP contribution in [0.25, 0.3) is 0 Å². The second-order valence-electron chi connectivity index (χ2n) is 6.30. The van der Waals surface area contributed by atoms with Crippen LogP contribution in [0.1, 0.15) is 30.4 Å². The Hall–Kier alpha value is -0.820. The predicted octanol–water partition coefficient (Wildman–Crippen LogP) is 2.88. The van der Waals surface area contributed by atoms with Crippen molar-refractivity contribution in [2.75, 3.05) is 7.05 Å². The summed E-state index contributed by atoms with van der Waals surface area (Å²) in [5, 5.41) is 0. The van der Waals surface area contributed by atoms with Crippen LogP contribution >= 0.6 is 0 Å². The van der Waals surface area contributed by atoms with Gasteiger partial charge in [-0.1, -0.05) is 24.3 Å². The summed E-state index contributed by atoms with van der Waals surface area (Å²) in [6.45, 7) is 0. The molecule has 0 N–H and O–H groups in total. The van der Waals surface area contributed by atoms with E-state index in [4.69, 9.17) is 0 Å². The van der Waals surface area contributed by atoms with Crippen LogP contribution in [0.3, 0.4) is 0 Å². The third-order valence-electron chi connectivity index (χ3n) is 5.63. The average Bonchev–Trinajstić information content (AvgIpc) is 2.60. The fourth-order valence-corrected chi connectivity index (χ4v) is 4.71. The van der Waals surface area contributed by atoms with Crippen LogP contribution in [0.5, 0.6) is 0 Å². The molecule has 3 aliphatic rings. The molecule has 1 aromatic carbocycles. The van der Waals surface area contributed by atoms with Crippen molar-refractivity contribution in [1.82, 2.24) is 4.90 Å². The Morgan fingerprint density at radius 1 is 1.06 bits per heavy atom. The lowest BCUT2D eigenvalue weighted by Gasteiger charge is -2.46. The van der Waals surface area contributed by atoms with Crippen molar-refractivity contribution >= 4 is 0 Å². The molecule has 4 atom stereocenters. The Kier molecular flexibility index (Phi) is 2.14. The molecule has 2 aliphatic heterocycles. The number of rotatable bonds is 0. The number of hydrogen-bond donors (Lipinski definition) is 0. The minimum absolute atomic E-state index is 0.882. The Morgan fingerprint density at radius 2 is 1.82 bits per heavy atom. The zero-order valence-corrected chi connectivity index (χ0v) is 10.6. The molecule has 1 aliphatic carbocycles. The molecule has 90 valence electrons. The highest BCUT2D eigenvalue weighted by Gasteiger charge is 2.46. The lowest BCUT2D eigenvalue weighted by Crippen LogP contribution is -2.49. The summed E-state index contributed by atoms with van der Waals surface area (Å²) in [4.78, 5) is 2.69. The normalized spacial score (nSPS) is 39.8. The summed E-state index contributed by atoms with van der Waals surface area (Å²) in [7, 11) is 2.36. The largest absolute Gasteiger partial charge is 0.300 e.